The van der Waals surface area contributed by atoms with Gasteiger partial charge in [0.1, 0.15) is 13.2 Å². The first-order valence-corrected chi connectivity index (χ1v) is 38.1. The average molecular weight is 1270 g/mol. The van der Waals surface area contributed by atoms with Gasteiger partial charge in [-0.15, -0.1) is 0 Å². The first-order chi connectivity index (χ1) is 44.6. The SMILES string of the molecule is CC/C=C\C/C=C\C/C=C\C/C=C\C/C=C\C/C=C\C/C=C\CCCCCCCCCCCCCCCCCCCC(=O)OC(COC(=O)CCCCCCCCCCCCCCCCC/C=C\C/C=C\CCCCCCC)COC(OCC[N+](C)(C)C)C(=O)O. The van der Waals surface area contributed by atoms with Crippen molar-refractivity contribution in [1.29, 1.82) is 0 Å². The van der Waals surface area contributed by atoms with Crippen LogP contribution >= 0.6 is 0 Å². The zero-order valence-electron chi connectivity index (χ0n) is 60.0. The Morgan fingerprint density at radius 3 is 0.934 bits per heavy atom. The maximum absolute atomic E-state index is 13.0. The predicted molar refractivity (Wildman–Crippen MR) is 392 cm³/mol. The smallest absolute Gasteiger partial charge is 0.361 e. The molecule has 0 aromatic rings. The molecule has 1 N–H and O–H groups in total. The van der Waals surface area contributed by atoms with E-state index in [0.717, 1.165) is 89.9 Å². The monoisotopic (exact) mass is 1270 g/mol. The second-order valence-corrected chi connectivity index (χ2v) is 26.6. The van der Waals surface area contributed by atoms with Crippen LogP contribution in [-0.2, 0) is 33.3 Å². The Morgan fingerprint density at radius 2 is 0.626 bits per heavy atom. The standard InChI is InChI=1S/C82H143NO8/c1-6-8-10-12-14-16-18-20-22-24-26-28-30-32-34-35-36-37-38-39-40-41-42-43-44-45-47-49-51-53-55-57-59-61-63-65-67-69-71-73-80(85)91-78(77-90-82(81(86)87)88-75-74-83(3,4)5)76-89-79(84)72-70-68-66-64-62-60-58-56-54-52-50-48-46-33-31-29-27-25-23-21-19-17-15-13-11-9-7-2/h8,10,14,16,19-22,25-28,32,34,36-37,39-40,78,82H,6-7,9,11-13,15,17-18,23-24,29-31,33,35,38,41-77H2,1-5H3/p+1/b10-8-,16-14-,21-19-,22-20-,27-25-,28-26-,34-32-,37-36-,40-39-. The number of nitrogens with zero attached hydrogens (tertiary/aromatic N) is 1. The highest BCUT2D eigenvalue weighted by Crippen LogP contribution is 2.18. The van der Waals surface area contributed by atoms with Crippen molar-refractivity contribution in [3.63, 3.8) is 0 Å². The third-order valence-electron chi connectivity index (χ3n) is 16.5. The summed E-state index contributed by atoms with van der Waals surface area (Å²) in [5.41, 5.74) is 0. The largest absolute Gasteiger partial charge is 0.477 e. The molecule has 9 heteroatoms. The summed E-state index contributed by atoms with van der Waals surface area (Å²) in [6.07, 6.45) is 97.9. The van der Waals surface area contributed by atoms with Gasteiger partial charge >= 0.3 is 17.9 Å². The Balaban J connectivity index is 4.05. The van der Waals surface area contributed by atoms with E-state index in [2.05, 4.69) is 123 Å². The summed E-state index contributed by atoms with van der Waals surface area (Å²) in [7, 11) is 5.99. The molecular formula is C82H144NO8+. The third kappa shape index (κ3) is 73.2. The fourth-order valence-corrected chi connectivity index (χ4v) is 10.7. The number of likely N-dealkylation sites (N-methyl/N-ethyl adjacent to an activating group) is 1. The first kappa shape index (κ1) is 87.0. The number of rotatable bonds is 70. The molecule has 2 unspecified atom stereocenters. The summed E-state index contributed by atoms with van der Waals surface area (Å²) < 4.78 is 23.0. The molecule has 524 valence electrons. The fraction of sp³-hybridized carbons (Fsp3) is 0.744. The summed E-state index contributed by atoms with van der Waals surface area (Å²) in [4.78, 5) is 37.7. The number of hydrogen-bond donors (Lipinski definition) is 1. The molecule has 0 saturated heterocycles. The van der Waals surface area contributed by atoms with Crippen molar-refractivity contribution in [3.05, 3.63) is 109 Å². The van der Waals surface area contributed by atoms with Crippen LogP contribution in [0.25, 0.3) is 0 Å². The topological polar surface area (TPSA) is 108 Å². The second-order valence-electron chi connectivity index (χ2n) is 26.6. The fourth-order valence-electron chi connectivity index (χ4n) is 10.7. The lowest BCUT2D eigenvalue weighted by Crippen LogP contribution is -2.40. The molecule has 0 saturated carbocycles. The molecule has 0 radical (unpaired) electrons. The Bertz CT molecular complexity index is 1870. The maximum Gasteiger partial charge on any atom is 0.361 e. The molecule has 91 heavy (non-hydrogen) atoms. The minimum Gasteiger partial charge on any atom is -0.477 e. The van der Waals surface area contributed by atoms with Gasteiger partial charge in [-0.1, -0.05) is 329 Å². The number of carbonyl (C=O) groups excluding carboxylic acids is 2. The zero-order chi connectivity index (χ0) is 66.1. The highest BCUT2D eigenvalue weighted by molar-refractivity contribution is 5.71. The molecular weight excluding hydrogens is 1130 g/mol. The van der Waals surface area contributed by atoms with E-state index in [-0.39, 0.29) is 32.2 Å². The summed E-state index contributed by atoms with van der Waals surface area (Å²) in [5.74, 6) is -1.99. The molecule has 0 aliphatic heterocycles. The number of ether oxygens (including phenoxy) is 4. The Morgan fingerprint density at radius 1 is 0.341 bits per heavy atom. The minimum atomic E-state index is -1.51. The number of unbranched alkanes of at least 4 members (excludes halogenated alkanes) is 37. The van der Waals surface area contributed by atoms with Gasteiger partial charge in [-0.2, -0.15) is 0 Å². The quantitative estimate of drug-likeness (QED) is 0.0211. The highest BCUT2D eigenvalue weighted by atomic mass is 16.7. The second kappa shape index (κ2) is 71.8. The summed E-state index contributed by atoms with van der Waals surface area (Å²) in [5, 5.41) is 9.76. The lowest BCUT2D eigenvalue weighted by molar-refractivity contribution is -0.870. The van der Waals surface area contributed by atoms with Crippen LogP contribution in [0.3, 0.4) is 0 Å². The van der Waals surface area contributed by atoms with Crippen LogP contribution in [0.2, 0.25) is 0 Å². The van der Waals surface area contributed by atoms with Crippen molar-refractivity contribution in [2.24, 2.45) is 0 Å². The van der Waals surface area contributed by atoms with E-state index in [1.54, 1.807) is 0 Å². The highest BCUT2D eigenvalue weighted by Gasteiger charge is 2.25. The lowest BCUT2D eigenvalue weighted by atomic mass is 10.0. The maximum atomic E-state index is 13.0. The molecule has 2 atom stereocenters. The van der Waals surface area contributed by atoms with Crippen LogP contribution in [-0.4, -0.2) is 87.4 Å². The van der Waals surface area contributed by atoms with Gasteiger partial charge in [-0.05, 0) is 103 Å². The molecule has 0 bridgehead atoms. The van der Waals surface area contributed by atoms with Crippen LogP contribution in [0.5, 0.6) is 0 Å². The first-order valence-electron chi connectivity index (χ1n) is 38.1. The van der Waals surface area contributed by atoms with Gasteiger partial charge in [0.15, 0.2) is 6.10 Å². The molecule has 0 heterocycles. The van der Waals surface area contributed by atoms with Gasteiger partial charge in [-0.3, -0.25) is 9.59 Å². The molecule has 0 aliphatic rings. The van der Waals surface area contributed by atoms with Gasteiger partial charge in [0.05, 0.1) is 34.4 Å². The van der Waals surface area contributed by atoms with Crippen molar-refractivity contribution < 1.29 is 42.9 Å². The van der Waals surface area contributed by atoms with Crippen molar-refractivity contribution in [2.45, 2.75) is 347 Å². The number of carboxylic acid groups (broad SMARTS) is 1. The molecule has 9 nitrogen and oxygen atoms in total. The molecule has 0 rings (SSSR count). The van der Waals surface area contributed by atoms with E-state index in [4.69, 9.17) is 18.9 Å². The predicted octanol–water partition coefficient (Wildman–Crippen LogP) is 24.1. The van der Waals surface area contributed by atoms with Gasteiger partial charge in [-0.25, -0.2) is 4.79 Å². The molecule has 0 spiro atoms. The zero-order valence-corrected chi connectivity index (χ0v) is 60.0. The van der Waals surface area contributed by atoms with E-state index < -0.39 is 24.3 Å². The van der Waals surface area contributed by atoms with E-state index in [0.29, 0.717) is 17.4 Å². The number of carboxylic acids is 1. The van der Waals surface area contributed by atoms with Crippen LogP contribution in [0.1, 0.15) is 335 Å². The van der Waals surface area contributed by atoms with Gasteiger partial charge in [0.25, 0.3) is 6.29 Å². The summed E-state index contributed by atoms with van der Waals surface area (Å²) >= 11 is 0. The summed E-state index contributed by atoms with van der Waals surface area (Å²) in [6, 6.07) is 0. The number of carbonyl (C=O) groups is 3. The molecule has 0 aromatic heterocycles. The Hall–Kier alpha value is -4.05. The number of quaternary nitrogens is 1. The number of esters is 2. The van der Waals surface area contributed by atoms with E-state index >= 15 is 0 Å². The van der Waals surface area contributed by atoms with Crippen LogP contribution < -0.4 is 0 Å². The molecule has 0 amide bonds. The molecule has 0 aromatic carbocycles. The van der Waals surface area contributed by atoms with Gasteiger partial charge in [0, 0.05) is 12.8 Å². The number of hydrogen-bond acceptors (Lipinski definition) is 7. The lowest BCUT2D eigenvalue weighted by Gasteiger charge is -2.25. The van der Waals surface area contributed by atoms with Gasteiger partial charge < -0.3 is 28.5 Å². The van der Waals surface area contributed by atoms with E-state index in [9.17, 15) is 19.5 Å². The van der Waals surface area contributed by atoms with Gasteiger partial charge in [0.2, 0.25) is 0 Å². The van der Waals surface area contributed by atoms with E-state index in [1.165, 1.54) is 218 Å². The van der Waals surface area contributed by atoms with Crippen LogP contribution in [0.15, 0.2) is 109 Å². The van der Waals surface area contributed by atoms with Crippen molar-refractivity contribution in [3.8, 4) is 0 Å². The third-order valence-corrected chi connectivity index (χ3v) is 16.5. The normalized spacial score (nSPS) is 13.3. The molecule has 0 fully saturated rings. The van der Waals surface area contributed by atoms with Crippen molar-refractivity contribution in [1.82, 2.24) is 0 Å². The van der Waals surface area contributed by atoms with Crippen molar-refractivity contribution >= 4 is 17.9 Å². The molecule has 0 aliphatic carbocycles. The van der Waals surface area contributed by atoms with Crippen molar-refractivity contribution in [2.75, 3.05) is 47.5 Å². The van der Waals surface area contributed by atoms with Crippen LogP contribution in [0.4, 0.5) is 0 Å². The summed E-state index contributed by atoms with van der Waals surface area (Å²) in [6.45, 7) is 4.79. The number of allylic oxidation sites excluding steroid dienone is 18. The number of aliphatic carboxylic acids is 1. The average Bonchev–Trinajstić information content (AvgIpc) is 3.46. The Kier molecular flexibility index (Phi) is 68.6. The minimum absolute atomic E-state index is 0.182. The van der Waals surface area contributed by atoms with E-state index in [1.807, 2.05) is 21.1 Å². The van der Waals surface area contributed by atoms with Crippen LogP contribution in [0, 0.1) is 0 Å². The Labute approximate surface area is 562 Å².